The van der Waals surface area contributed by atoms with E-state index in [2.05, 4.69) is 20.7 Å². The van der Waals surface area contributed by atoms with Crippen LogP contribution in [0.5, 0.6) is 0 Å². The normalized spacial score (nSPS) is 13.2. The molecule has 18 heavy (non-hydrogen) atoms. The molecule has 1 rings (SSSR count). The van der Waals surface area contributed by atoms with Crippen LogP contribution in [0.3, 0.4) is 0 Å². The van der Waals surface area contributed by atoms with Gasteiger partial charge in [-0.15, -0.1) is 0 Å². The number of nitrogens with two attached hydrogens (primary N) is 1. The highest BCUT2D eigenvalue weighted by atomic mass is 79.9. The van der Waals surface area contributed by atoms with Crippen LogP contribution in [0.25, 0.3) is 0 Å². The molecule has 100 valence electrons. The minimum atomic E-state index is -3.98. The Kier molecular flexibility index (Phi) is 4.75. The lowest BCUT2D eigenvalue weighted by Crippen LogP contribution is -2.42. The van der Waals surface area contributed by atoms with Crippen molar-refractivity contribution in [3.8, 4) is 0 Å². The quantitative estimate of drug-likeness (QED) is 0.866. The summed E-state index contributed by atoms with van der Waals surface area (Å²) in [5.74, 6) is -6.66. The van der Waals surface area contributed by atoms with Gasteiger partial charge in [0.15, 0.2) is 0 Å². The Morgan fingerprint density at radius 2 is 2.17 bits per heavy atom. The van der Waals surface area contributed by atoms with Gasteiger partial charge in [-0.1, -0.05) is 22.0 Å². The number of benzene rings is 1. The summed E-state index contributed by atoms with van der Waals surface area (Å²) in [6.45, 7) is 1.18. The fourth-order valence-corrected chi connectivity index (χ4v) is 1.64. The Bertz CT molecular complexity index is 454. The van der Waals surface area contributed by atoms with Crippen molar-refractivity contribution in [2.24, 2.45) is 5.73 Å². The molecule has 0 fully saturated rings. The van der Waals surface area contributed by atoms with Gasteiger partial charge in [0.25, 0.3) is 0 Å². The highest BCUT2D eigenvalue weighted by Gasteiger charge is 2.48. The Balaban J connectivity index is 3.05. The summed E-state index contributed by atoms with van der Waals surface area (Å²) in [7, 11) is 0. The van der Waals surface area contributed by atoms with Crippen molar-refractivity contribution in [1.29, 1.82) is 0 Å². The Labute approximate surface area is 110 Å². The molecule has 1 aromatic rings. The standard InChI is InChI=1S/C11H11BrF3NO2/c1-2-18-10(17)11(14,15)9(16)7-4-3-6(12)5-8(7)13/h3-5,9H,2,16H2,1H3/t9-/m1/s1. The average molecular weight is 326 g/mol. The Morgan fingerprint density at radius 3 is 2.67 bits per heavy atom. The van der Waals surface area contributed by atoms with Crippen LogP contribution < -0.4 is 5.73 Å². The lowest BCUT2D eigenvalue weighted by molar-refractivity contribution is -0.174. The second-order valence-electron chi connectivity index (χ2n) is 3.49. The van der Waals surface area contributed by atoms with E-state index in [1.807, 2.05) is 0 Å². The molecule has 0 aromatic heterocycles. The predicted molar refractivity (Wildman–Crippen MR) is 62.6 cm³/mol. The zero-order valence-electron chi connectivity index (χ0n) is 9.42. The smallest absolute Gasteiger partial charge is 0.379 e. The van der Waals surface area contributed by atoms with Crippen molar-refractivity contribution >= 4 is 21.9 Å². The molecule has 0 amide bonds. The van der Waals surface area contributed by atoms with E-state index in [4.69, 9.17) is 5.73 Å². The van der Waals surface area contributed by atoms with E-state index in [-0.39, 0.29) is 6.61 Å². The van der Waals surface area contributed by atoms with Crippen LogP contribution in [0.2, 0.25) is 0 Å². The maximum absolute atomic E-state index is 13.6. The van der Waals surface area contributed by atoms with Gasteiger partial charge in [-0.05, 0) is 19.1 Å². The van der Waals surface area contributed by atoms with Crippen molar-refractivity contribution < 1.29 is 22.7 Å². The van der Waals surface area contributed by atoms with E-state index in [0.29, 0.717) is 4.47 Å². The number of alkyl halides is 2. The summed E-state index contributed by atoms with van der Waals surface area (Å²) in [5.41, 5.74) is 4.80. The van der Waals surface area contributed by atoms with Gasteiger partial charge in [0.05, 0.1) is 6.61 Å². The van der Waals surface area contributed by atoms with Crippen molar-refractivity contribution in [3.05, 3.63) is 34.1 Å². The lowest BCUT2D eigenvalue weighted by atomic mass is 10.0. The van der Waals surface area contributed by atoms with Crippen LogP contribution in [0.15, 0.2) is 22.7 Å². The first-order valence-corrected chi connectivity index (χ1v) is 5.85. The van der Waals surface area contributed by atoms with E-state index in [1.165, 1.54) is 13.0 Å². The summed E-state index contributed by atoms with van der Waals surface area (Å²) >= 11 is 2.99. The van der Waals surface area contributed by atoms with Crippen LogP contribution >= 0.6 is 15.9 Å². The minimum absolute atomic E-state index is 0.204. The number of carbonyl (C=O) groups is 1. The largest absolute Gasteiger partial charge is 0.462 e. The maximum atomic E-state index is 13.6. The molecule has 0 aliphatic rings. The van der Waals surface area contributed by atoms with Gasteiger partial charge in [-0.2, -0.15) is 8.78 Å². The molecule has 3 nitrogen and oxygen atoms in total. The SMILES string of the molecule is CCOC(=O)C(F)(F)[C@H](N)c1ccc(Br)cc1F. The Hall–Kier alpha value is -1.08. The molecule has 7 heteroatoms. The summed E-state index contributed by atoms with van der Waals surface area (Å²) < 4.78 is 45.3. The molecule has 0 spiro atoms. The zero-order valence-corrected chi connectivity index (χ0v) is 11.0. The summed E-state index contributed by atoms with van der Waals surface area (Å²) in [6, 6.07) is 1.36. The molecule has 0 bridgehead atoms. The van der Waals surface area contributed by atoms with Crippen LogP contribution in [0.1, 0.15) is 18.5 Å². The number of hydrogen-bond donors (Lipinski definition) is 1. The maximum Gasteiger partial charge on any atom is 0.379 e. The summed E-state index contributed by atoms with van der Waals surface area (Å²) in [5, 5.41) is 0. The summed E-state index contributed by atoms with van der Waals surface area (Å²) in [6.07, 6.45) is 0. The molecule has 2 N–H and O–H groups in total. The number of hydrogen-bond acceptors (Lipinski definition) is 3. The third kappa shape index (κ3) is 3.02. The molecular weight excluding hydrogens is 315 g/mol. The number of carbonyl (C=O) groups excluding carboxylic acids is 1. The van der Waals surface area contributed by atoms with Gasteiger partial charge in [0.1, 0.15) is 11.9 Å². The van der Waals surface area contributed by atoms with Gasteiger partial charge >= 0.3 is 11.9 Å². The van der Waals surface area contributed by atoms with E-state index in [9.17, 15) is 18.0 Å². The molecule has 0 unspecified atom stereocenters. The van der Waals surface area contributed by atoms with Crippen molar-refractivity contribution in [2.75, 3.05) is 6.61 Å². The molecule has 0 radical (unpaired) electrons. The first-order chi connectivity index (χ1) is 8.30. The first-order valence-electron chi connectivity index (χ1n) is 5.06. The number of rotatable bonds is 4. The fourth-order valence-electron chi connectivity index (χ4n) is 1.30. The summed E-state index contributed by atoms with van der Waals surface area (Å²) in [4.78, 5) is 11.1. The molecule has 0 heterocycles. The van der Waals surface area contributed by atoms with Gasteiger partial charge in [0.2, 0.25) is 0 Å². The van der Waals surface area contributed by atoms with Crippen LogP contribution in [0.4, 0.5) is 13.2 Å². The second kappa shape index (κ2) is 5.71. The number of halogens is 4. The third-order valence-corrected chi connectivity index (χ3v) is 2.73. The van der Waals surface area contributed by atoms with E-state index in [1.54, 1.807) is 0 Å². The predicted octanol–water partition coefficient (Wildman–Crippen LogP) is 2.79. The van der Waals surface area contributed by atoms with E-state index < -0.39 is 29.3 Å². The molecule has 1 aromatic carbocycles. The van der Waals surface area contributed by atoms with Crippen LogP contribution in [0, 0.1) is 5.82 Å². The average Bonchev–Trinajstić information content (AvgIpc) is 2.28. The first kappa shape index (κ1) is 15.0. The van der Waals surface area contributed by atoms with E-state index in [0.717, 1.165) is 12.1 Å². The third-order valence-electron chi connectivity index (χ3n) is 2.24. The van der Waals surface area contributed by atoms with E-state index >= 15 is 0 Å². The Morgan fingerprint density at radius 1 is 1.56 bits per heavy atom. The molecule has 0 aliphatic heterocycles. The number of ether oxygens (including phenoxy) is 1. The lowest BCUT2D eigenvalue weighted by Gasteiger charge is -2.22. The minimum Gasteiger partial charge on any atom is -0.462 e. The van der Waals surface area contributed by atoms with Gasteiger partial charge in [0, 0.05) is 10.0 Å². The topological polar surface area (TPSA) is 52.3 Å². The number of esters is 1. The molecule has 1 atom stereocenters. The monoisotopic (exact) mass is 325 g/mol. The highest BCUT2D eigenvalue weighted by molar-refractivity contribution is 9.10. The van der Waals surface area contributed by atoms with Crippen molar-refractivity contribution in [3.63, 3.8) is 0 Å². The fraction of sp³-hybridized carbons (Fsp3) is 0.364. The van der Waals surface area contributed by atoms with Crippen molar-refractivity contribution in [1.82, 2.24) is 0 Å². The second-order valence-corrected chi connectivity index (χ2v) is 4.40. The zero-order chi connectivity index (χ0) is 13.9. The molecule has 0 saturated heterocycles. The molecule has 0 saturated carbocycles. The van der Waals surface area contributed by atoms with Crippen molar-refractivity contribution in [2.45, 2.75) is 18.9 Å². The van der Waals surface area contributed by atoms with Gasteiger partial charge in [-0.25, -0.2) is 9.18 Å². The van der Waals surface area contributed by atoms with Gasteiger partial charge < -0.3 is 10.5 Å². The van der Waals surface area contributed by atoms with Crippen LogP contribution in [-0.2, 0) is 9.53 Å². The molecule has 0 aliphatic carbocycles. The molecular formula is C11H11BrF3NO2. The van der Waals surface area contributed by atoms with Gasteiger partial charge in [-0.3, -0.25) is 0 Å². The highest BCUT2D eigenvalue weighted by Crippen LogP contribution is 2.32. The van der Waals surface area contributed by atoms with Crippen LogP contribution in [-0.4, -0.2) is 18.5 Å².